The zero-order valence-corrected chi connectivity index (χ0v) is 9.22. The molecule has 2 aromatic rings. The number of imidazole rings is 1. The summed E-state index contributed by atoms with van der Waals surface area (Å²) < 4.78 is 1.95. The van der Waals surface area contributed by atoms with Crippen LogP contribution < -0.4 is 0 Å². The van der Waals surface area contributed by atoms with E-state index in [4.69, 9.17) is 11.6 Å². The summed E-state index contributed by atoms with van der Waals surface area (Å²) in [6.07, 6.45) is 2.53. The number of rotatable bonds is 4. The number of alkyl halides is 1. The molecule has 0 fully saturated rings. The lowest BCUT2D eigenvalue weighted by atomic mass is 10.3. The maximum absolute atomic E-state index is 10.6. The average molecular weight is 240 g/mol. The Labute approximate surface area is 96.8 Å². The van der Waals surface area contributed by atoms with E-state index in [1.54, 1.807) is 12.4 Å². The molecule has 0 aliphatic rings. The monoisotopic (exact) mass is 239 g/mol. The van der Waals surface area contributed by atoms with Gasteiger partial charge in [0.05, 0.1) is 22.3 Å². The van der Waals surface area contributed by atoms with Gasteiger partial charge >= 0.3 is 0 Å². The predicted octanol–water partition coefficient (Wildman–Crippen LogP) is 2.57. The van der Waals surface area contributed by atoms with E-state index in [9.17, 15) is 10.1 Å². The van der Waals surface area contributed by atoms with Crippen molar-refractivity contribution in [1.82, 2.24) is 9.55 Å². The van der Waals surface area contributed by atoms with Crippen molar-refractivity contribution in [3.63, 3.8) is 0 Å². The van der Waals surface area contributed by atoms with E-state index in [0.717, 1.165) is 18.5 Å². The van der Waals surface area contributed by atoms with Crippen molar-refractivity contribution >= 4 is 28.3 Å². The van der Waals surface area contributed by atoms with E-state index in [0.29, 0.717) is 11.4 Å². The minimum absolute atomic E-state index is 0.0649. The lowest BCUT2D eigenvalue weighted by molar-refractivity contribution is -0.384. The van der Waals surface area contributed by atoms with Gasteiger partial charge in [-0.3, -0.25) is 10.1 Å². The summed E-state index contributed by atoms with van der Waals surface area (Å²) in [5, 5.41) is 10.6. The Bertz CT molecular complexity index is 524. The third-order valence-electron chi connectivity index (χ3n) is 2.35. The van der Waals surface area contributed by atoms with Crippen molar-refractivity contribution in [2.75, 3.05) is 5.88 Å². The van der Waals surface area contributed by atoms with Gasteiger partial charge in [-0.15, -0.1) is 11.6 Å². The van der Waals surface area contributed by atoms with Crippen LogP contribution in [0.15, 0.2) is 24.5 Å². The molecule has 0 N–H and O–H groups in total. The van der Waals surface area contributed by atoms with Crippen LogP contribution in [0.2, 0.25) is 0 Å². The highest BCUT2D eigenvalue weighted by atomic mass is 35.5. The molecule has 1 heterocycles. The number of hydrogen-bond donors (Lipinski definition) is 0. The Kier molecular flexibility index (Phi) is 3.05. The number of benzene rings is 1. The molecule has 1 aromatic carbocycles. The standard InChI is InChI=1S/C10H10ClN3O2/c11-4-1-5-13-7-12-9-6-8(14(15)16)2-3-10(9)13/h2-3,6-7H,1,4-5H2. The maximum Gasteiger partial charge on any atom is 0.271 e. The van der Waals surface area contributed by atoms with Crippen LogP contribution in [0.4, 0.5) is 5.69 Å². The molecular weight excluding hydrogens is 230 g/mol. The van der Waals surface area contributed by atoms with E-state index in [1.807, 2.05) is 4.57 Å². The van der Waals surface area contributed by atoms with Gasteiger partial charge in [0.1, 0.15) is 0 Å². The van der Waals surface area contributed by atoms with Gasteiger partial charge in [0.15, 0.2) is 0 Å². The zero-order chi connectivity index (χ0) is 11.5. The molecule has 16 heavy (non-hydrogen) atoms. The van der Waals surface area contributed by atoms with E-state index in [1.165, 1.54) is 12.1 Å². The van der Waals surface area contributed by atoms with E-state index in [-0.39, 0.29) is 5.69 Å². The van der Waals surface area contributed by atoms with Crippen LogP contribution in [0.5, 0.6) is 0 Å². The maximum atomic E-state index is 10.6. The van der Waals surface area contributed by atoms with Gasteiger partial charge in [0.25, 0.3) is 5.69 Å². The number of halogens is 1. The smallest absolute Gasteiger partial charge is 0.271 e. The van der Waals surface area contributed by atoms with Crippen LogP contribution >= 0.6 is 11.6 Å². The van der Waals surface area contributed by atoms with E-state index < -0.39 is 4.92 Å². The molecule has 0 spiro atoms. The Morgan fingerprint density at radius 3 is 3.00 bits per heavy atom. The molecular formula is C10H10ClN3O2. The Morgan fingerprint density at radius 1 is 1.50 bits per heavy atom. The second kappa shape index (κ2) is 4.49. The third kappa shape index (κ3) is 1.99. The number of non-ortho nitro benzene ring substituents is 1. The summed E-state index contributed by atoms with van der Waals surface area (Å²) >= 11 is 5.61. The number of aromatic nitrogens is 2. The third-order valence-corrected chi connectivity index (χ3v) is 2.62. The fraction of sp³-hybridized carbons (Fsp3) is 0.300. The first kappa shape index (κ1) is 10.9. The van der Waals surface area contributed by atoms with E-state index >= 15 is 0 Å². The number of fused-ring (bicyclic) bond motifs is 1. The fourth-order valence-corrected chi connectivity index (χ4v) is 1.69. The van der Waals surface area contributed by atoms with Crippen LogP contribution in [-0.4, -0.2) is 20.4 Å². The predicted molar refractivity (Wildman–Crippen MR) is 61.7 cm³/mol. The van der Waals surface area contributed by atoms with Crippen LogP contribution in [0.3, 0.4) is 0 Å². The molecule has 0 atom stereocenters. The lowest BCUT2D eigenvalue weighted by Gasteiger charge is -2.01. The molecule has 2 rings (SSSR count). The second-order valence-electron chi connectivity index (χ2n) is 3.41. The average Bonchev–Trinajstić information content (AvgIpc) is 2.68. The van der Waals surface area contributed by atoms with Crippen molar-refractivity contribution in [1.29, 1.82) is 0 Å². The quantitative estimate of drug-likeness (QED) is 0.468. The molecule has 0 bridgehead atoms. The highest BCUT2D eigenvalue weighted by Gasteiger charge is 2.09. The first-order valence-corrected chi connectivity index (χ1v) is 5.41. The van der Waals surface area contributed by atoms with Crippen molar-refractivity contribution in [2.24, 2.45) is 0 Å². The van der Waals surface area contributed by atoms with Crippen molar-refractivity contribution in [3.05, 3.63) is 34.6 Å². The molecule has 0 aliphatic carbocycles. The Morgan fingerprint density at radius 2 is 2.31 bits per heavy atom. The first-order valence-electron chi connectivity index (χ1n) is 4.87. The number of aryl methyl sites for hydroxylation is 1. The summed E-state index contributed by atoms with van der Waals surface area (Å²) in [7, 11) is 0. The van der Waals surface area contributed by atoms with E-state index in [2.05, 4.69) is 4.98 Å². The summed E-state index contributed by atoms with van der Waals surface area (Å²) in [6, 6.07) is 4.68. The van der Waals surface area contributed by atoms with Gasteiger partial charge < -0.3 is 4.57 Å². The van der Waals surface area contributed by atoms with Crippen molar-refractivity contribution in [3.8, 4) is 0 Å². The van der Waals surface area contributed by atoms with Gasteiger partial charge in [0.2, 0.25) is 0 Å². The summed E-state index contributed by atoms with van der Waals surface area (Å²) in [4.78, 5) is 14.3. The van der Waals surface area contributed by atoms with Gasteiger partial charge in [-0.25, -0.2) is 4.98 Å². The molecule has 0 amide bonds. The Hall–Kier alpha value is -1.62. The summed E-state index contributed by atoms with van der Waals surface area (Å²) in [6.45, 7) is 0.776. The molecule has 0 radical (unpaired) electrons. The summed E-state index contributed by atoms with van der Waals surface area (Å²) in [5.74, 6) is 0.590. The second-order valence-corrected chi connectivity index (χ2v) is 3.79. The molecule has 84 valence electrons. The van der Waals surface area contributed by atoms with Gasteiger partial charge in [-0.2, -0.15) is 0 Å². The molecule has 0 unspecified atom stereocenters. The van der Waals surface area contributed by atoms with Gasteiger partial charge in [0, 0.05) is 24.6 Å². The SMILES string of the molecule is O=[N+]([O-])c1ccc2c(c1)ncn2CCCCl. The highest BCUT2D eigenvalue weighted by molar-refractivity contribution is 6.17. The molecule has 0 saturated carbocycles. The van der Waals surface area contributed by atoms with Gasteiger partial charge in [-0.05, 0) is 12.5 Å². The lowest BCUT2D eigenvalue weighted by Crippen LogP contribution is -1.96. The molecule has 5 nitrogen and oxygen atoms in total. The molecule has 0 saturated heterocycles. The molecule has 1 aromatic heterocycles. The number of nitro groups is 1. The molecule has 6 heteroatoms. The first-order chi connectivity index (χ1) is 7.72. The number of hydrogen-bond acceptors (Lipinski definition) is 3. The van der Waals surface area contributed by atoms with Gasteiger partial charge in [-0.1, -0.05) is 0 Å². The fourth-order valence-electron chi connectivity index (χ4n) is 1.57. The minimum Gasteiger partial charge on any atom is -0.331 e. The normalized spacial score (nSPS) is 10.8. The van der Waals surface area contributed by atoms with Crippen LogP contribution in [-0.2, 0) is 6.54 Å². The number of nitrogens with zero attached hydrogens (tertiary/aromatic N) is 3. The van der Waals surface area contributed by atoms with Crippen LogP contribution in [0, 0.1) is 10.1 Å². The van der Waals surface area contributed by atoms with Crippen molar-refractivity contribution in [2.45, 2.75) is 13.0 Å². The zero-order valence-electron chi connectivity index (χ0n) is 8.47. The van der Waals surface area contributed by atoms with Crippen molar-refractivity contribution < 1.29 is 4.92 Å². The summed E-state index contributed by atoms with van der Waals surface area (Å²) in [5.41, 5.74) is 1.61. The topological polar surface area (TPSA) is 61.0 Å². The van der Waals surface area contributed by atoms with Crippen LogP contribution in [0.25, 0.3) is 11.0 Å². The molecule has 0 aliphatic heterocycles. The highest BCUT2D eigenvalue weighted by Crippen LogP contribution is 2.19. The minimum atomic E-state index is -0.419. The number of nitro benzene ring substituents is 1. The van der Waals surface area contributed by atoms with Crippen LogP contribution in [0.1, 0.15) is 6.42 Å². The largest absolute Gasteiger partial charge is 0.331 e. The Balaban J connectivity index is 2.38.